The normalized spacial score (nSPS) is 20.0. The van der Waals surface area contributed by atoms with Gasteiger partial charge in [-0.15, -0.1) is 0 Å². The number of amides is 2. The summed E-state index contributed by atoms with van der Waals surface area (Å²) >= 11 is 0. The SMILES string of the molecule is CC(=O)N1CC2(C=C(OS(=O)(=O)C(F)(F)F)N(C(=O)OC(C)(C)C)CC2)C1. The Labute approximate surface area is 155 Å². The van der Waals surface area contributed by atoms with Crippen molar-refractivity contribution in [2.75, 3.05) is 19.6 Å². The van der Waals surface area contributed by atoms with Crippen LogP contribution in [0.25, 0.3) is 0 Å². The topological polar surface area (TPSA) is 93.2 Å². The largest absolute Gasteiger partial charge is 0.534 e. The summed E-state index contributed by atoms with van der Waals surface area (Å²) in [7, 11) is -5.97. The Morgan fingerprint density at radius 1 is 1.19 bits per heavy atom. The Morgan fingerprint density at radius 2 is 1.74 bits per heavy atom. The number of carbonyl (C=O) groups excluding carboxylic acids is 2. The quantitative estimate of drug-likeness (QED) is 0.508. The maximum Gasteiger partial charge on any atom is 0.534 e. The molecule has 2 heterocycles. The number of ether oxygens (including phenoxy) is 1. The molecule has 1 saturated heterocycles. The molecule has 0 saturated carbocycles. The van der Waals surface area contributed by atoms with Gasteiger partial charge in [-0.25, -0.2) is 9.69 Å². The first-order chi connectivity index (χ1) is 12.1. The third-order valence-corrected chi connectivity index (χ3v) is 5.04. The summed E-state index contributed by atoms with van der Waals surface area (Å²) in [5, 5.41) is 0. The highest BCUT2D eigenvalue weighted by molar-refractivity contribution is 7.87. The van der Waals surface area contributed by atoms with Crippen LogP contribution in [0.15, 0.2) is 12.0 Å². The van der Waals surface area contributed by atoms with Crippen LogP contribution in [0, 0.1) is 5.41 Å². The van der Waals surface area contributed by atoms with Gasteiger partial charge in [-0.3, -0.25) is 4.79 Å². The fraction of sp³-hybridized carbons (Fsp3) is 0.733. The summed E-state index contributed by atoms with van der Waals surface area (Å²) in [5.74, 6) is -0.981. The molecule has 0 N–H and O–H groups in total. The van der Waals surface area contributed by atoms with Crippen LogP contribution in [0.5, 0.6) is 0 Å². The van der Waals surface area contributed by atoms with E-state index in [1.54, 1.807) is 20.8 Å². The predicted octanol–water partition coefficient (Wildman–Crippen LogP) is 2.18. The predicted molar refractivity (Wildman–Crippen MR) is 86.4 cm³/mol. The highest BCUT2D eigenvalue weighted by atomic mass is 32.2. The molecule has 0 unspecified atom stereocenters. The van der Waals surface area contributed by atoms with Gasteiger partial charge < -0.3 is 13.8 Å². The van der Waals surface area contributed by atoms with E-state index in [0.29, 0.717) is 6.42 Å². The molecule has 0 aromatic rings. The number of hydrogen-bond acceptors (Lipinski definition) is 6. The highest BCUT2D eigenvalue weighted by Gasteiger charge is 2.52. The molecule has 0 bridgehead atoms. The molecule has 0 atom stereocenters. The number of halogens is 3. The summed E-state index contributed by atoms with van der Waals surface area (Å²) in [4.78, 5) is 25.8. The zero-order chi connectivity index (χ0) is 20.8. The second kappa shape index (κ2) is 6.57. The van der Waals surface area contributed by atoms with Crippen LogP contribution in [0.2, 0.25) is 0 Å². The maximum absolute atomic E-state index is 12.7. The molecule has 0 aromatic carbocycles. The van der Waals surface area contributed by atoms with Crippen LogP contribution in [-0.2, 0) is 23.8 Å². The first kappa shape index (κ1) is 21.3. The van der Waals surface area contributed by atoms with Crippen molar-refractivity contribution in [1.29, 1.82) is 0 Å². The summed E-state index contributed by atoms with van der Waals surface area (Å²) < 4.78 is 70.4. The van der Waals surface area contributed by atoms with Crippen molar-refractivity contribution in [2.45, 2.75) is 45.2 Å². The molecular formula is C15H21F3N2O6S. The van der Waals surface area contributed by atoms with Crippen molar-refractivity contribution in [2.24, 2.45) is 5.41 Å². The number of hydrogen-bond donors (Lipinski definition) is 0. The monoisotopic (exact) mass is 414 g/mol. The summed E-state index contributed by atoms with van der Waals surface area (Å²) in [6.45, 7) is 6.31. The van der Waals surface area contributed by atoms with E-state index in [1.807, 2.05) is 0 Å². The van der Waals surface area contributed by atoms with Crippen molar-refractivity contribution >= 4 is 22.1 Å². The minimum absolute atomic E-state index is 0.111. The lowest BCUT2D eigenvalue weighted by atomic mass is 9.75. The van der Waals surface area contributed by atoms with Crippen LogP contribution in [0.4, 0.5) is 18.0 Å². The van der Waals surface area contributed by atoms with Gasteiger partial charge in [0.15, 0.2) is 0 Å². The number of rotatable bonds is 2. The molecule has 12 heteroatoms. The molecule has 2 rings (SSSR count). The zero-order valence-electron chi connectivity index (χ0n) is 15.3. The smallest absolute Gasteiger partial charge is 0.443 e. The zero-order valence-corrected chi connectivity index (χ0v) is 16.1. The Kier molecular flexibility index (Phi) is 5.19. The van der Waals surface area contributed by atoms with Crippen LogP contribution >= 0.6 is 0 Å². The van der Waals surface area contributed by atoms with Crippen molar-refractivity contribution in [1.82, 2.24) is 9.80 Å². The summed E-state index contributed by atoms with van der Waals surface area (Å²) in [6, 6.07) is 0. The van der Waals surface area contributed by atoms with E-state index < -0.39 is 38.6 Å². The maximum atomic E-state index is 12.7. The molecule has 27 heavy (non-hydrogen) atoms. The molecule has 8 nitrogen and oxygen atoms in total. The molecule has 154 valence electrons. The summed E-state index contributed by atoms with van der Waals surface area (Å²) in [6.07, 6.45) is 0.446. The minimum atomic E-state index is -5.97. The molecule has 2 amide bonds. The fourth-order valence-corrected chi connectivity index (χ4v) is 3.23. The molecule has 1 spiro atoms. The lowest BCUT2D eigenvalue weighted by Crippen LogP contribution is -2.60. The minimum Gasteiger partial charge on any atom is -0.443 e. The third-order valence-electron chi connectivity index (χ3n) is 4.08. The van der Waals surface area contributed by atoms with E-state index in [1.165, 1.54) is 11.8 Å². The van der Waals surface area contributed by atoms with E-state index in [4.69, 9.17) is 4.74 Å². The van der Waals surface area contributed by atoms with E-state index >= 15 is 0 Å². The fourth-order valence-electron chi connectivity index (χ4n) is 2.77. The van der Waals surface area contributed by atoms with Gasteiger partial charge in [0.2, 0.25) is 11.8 Å². The van der Waals surface area contributed by atoms with Crippen LogP contribution < -0.4 is 0 Å². The first-order valence-corrected chi connectivity index (χ1v) is 9.46. The number of alkyl halides is 3. The Bertz CT molecular complexity index is 763. The van der Waals surface area contributed by atoms with E-state index in [-0.39, 0.29) is 25.5 Å². The number of likely N-dealkylation sites (tertiary alicyclic amines) is 1. The molecule has 2 aliphatic heterocycles. The Balaban J connectivity index is 2.33. The van der Waals surface area contributed by atoms with Crippen molar-refractivity contribution < 1.29 is 40.1 Å². The first-order valence-electron chi connectivity index (χ1n) is 8.05. The van der Waals surface area contributed by atoms with Crippen LogP contribution in [0.3, 0.4) is 0 Å². The molecule has 0 radical (unpaired) electrons. The highest BCUT2D eigenvalue weighted by Crippen LogP contribution is 2.42. The average molecular weight is 414 g/mol. The molecular weight excluding hydrogens is 393 g/mol. The van der Waals surface area contributed by atoms with Gasteiger partial charge in [0.1, 0.15) is 5.60 Å². The third kappa shape index (κ3) is 4.66. The molecule has 0 aliphatic carbocycles. The number of nitrogens with zero attached hydrogens (tertiary/aromatic N) is 2. The van der Waals surface area contributed by atoms with Gasteiger partial charge >= 0.3 is 21.7 Å². The van der Waals surface area contributed by atoms with Crippen molar-refractivity contribution in [3.8, 4) is 0 Å². The average Bonchev–Trinajstić information content (AvgIpc) is 2.40. The van der Waals surface area contributed by atoms with Gasteiger partial charge in [-0.2, -0.15) is 21.6 Å². The van der Waals surface area contributed by atoms with Crippen molar-refractivity contribution in [3.05, 3.63) is 12.0 Å². The second-order valence-electron chi connectivity index (χ2n) is 7.59. The molecule has 2 aliphatic rings. The van der Waals surface area contributed by atoms with E-state index in [0.717, 1.165) is 11.0 Å². The lowest BCUT2D eigenvalue weighted by molar-refractivity contribution is -0.139. The Hall–Kier alpha value is -1.98. The lowest BCUT2D eigenvalue weighted by Gasteiger charge is -2.51. The van der Waals surface area contributed by atoms with Crippen molar-refractivity contribution in [3.63, 3.8) is 0 Å². The molecule has 1 fully saturated rings. The van der Waals surface area contributed by atoms with Gasteiger partial charge in [-0.1, -0.05) is 0 Å². The molecule has 0 aromatic heterocycles. The van der Waals surface area contributed by atoms with Crippen LogP contribution in [-0.4, -0.2) is 61.0 Å². The summed E-state index contributed by atoms with van der Waals surface area (Å²) in [5.41, 5.74) is -7.34. The number of carbonyl (C=O) groups is 2. The van der Waals surface area contributed by atoms with Gasteiger partial charge in [0.05, 0.1) is 0 Å². The van der Waals surface area contributed by atoms with Crippen LogP contribution in [0.1, 0.15) is 34.1 Å². The van der Waals surface area contributed by atoms with Gasteiger partial charge in [0.25, 0.3) is 0 Å². The van der Waals surface area contributed by atoms with Gasteiger partial charge in [-0.05, 0) is 33.3 Å². The van der Waals surface area contributed by atoms with E-state index in [9.17, 15) is 31.2 Å². The standard InChI is InChI=1S/C15H21F3N2O6S/c1-10(21)19-8-14(9-19)5-6-20(12(22)25-13(2,3)4)11(7-14)26-27(23,24)15(16,17)18/h7H,5-6,8-9H2,1-4H3. The Morgan fingerprint density at radius 3 is 2.19 bits per heavy atom. The second-order valence-corrected chi connectivity index (χ2v) is 9.12. The van der Waals surface area contributed by atoms with E-state index in [2.05, 4.69) is 4.18 Å². The van der Waals surface area contributed by atoms with Gasteiger partial charge in [0, 0.05) is 32.0 Å².